The Morgan fingerprint density at radius 3 is 2.41 bits per heavy atom. The molecule has 0 aliphatic carbocycles. The van der Waals surface area contributed by atoms with Crippen LogP contribution >= 0.6 is 23.2 Å². The number of benzene rings is 2. The first-order valence-corrected chi connectivity index (χ1v) is 5.95. The molecule has 2 N–H and O–H groups in total. The van der Waals surface area contributed by atoms with E-state index in [0.717, 1.165) is 17.1 Å². The fourth-order valence-electron chi connectivity index (χ4n) is 1.51. The lowest BCUT2D eigenvalue weighted by Gasteiger charge is -2.10. The molecule has 0 aliphatic heterocycles. The summed E-state index contributed by atoms with van der Waals surface area (Å²) in [5.41, 5.74) is 2.79. The minimum Gasteiger partial charge on any atom is -0.388 e. The lowest BCUT2D eigenvalue weighted by Crippen LogP contribution is -1.93. The summed E-state index contributed by atoms with van der Waals surface area (Å²) in [6.07, 6.45) is 0. The van der Waals surface area contributed by atoms with Gasteiger partial charge in [-0.3, -0.25) is 0 Å². The van der Waals surface area contributed by atoms with Crippen molar-refractivity contribution in [3.63, 3.8) is 0 Å². The van der Waals surface area contributed by atoms with E-state index in [9.17, 15) is 0 Å². The molecule has 2 nitrogen and oxygen atoms in total. The minimum atomic E-state index is 0.532. The molecule has 17 heavy (non-hydrogen) atoms. The van der Waals surface area contributed by atoms with Crippen LogP contribution in [0.5, 0.6) is 0 Å². The van der Waals surface area contributed by atoms with Gasteiger partial charge in [-0.2, -0.15) is 0 Å². The molecule has 0 aliphatic rings. The Labute approximate surface area is 111 Å². The highest BCUT2D eigenvalue weighted by Gasteiger charge is 2.04. The molecule has 0 radical (unpaired) electrons. The summed E-state index contributed by atoms with van der Waals surface area (Å²) < 4.78 is 0. The van der Waals surface area contributed by atoms with Crippen molar-refractivity contribution in [2.45, 2.75) is 0 Å². The fourth-order valence-corrected chi connectivity index (χ4v) is 1.86. The summed E-state index contributed by atoms with van der Waals surface area (Å²) in [7, 11) is 1.88. The smallest absolute Gasteiger partial charge is 0.0827 e. The van der Waals surface area contributed by atoms with Crippen molar-refractivity contribution >= 4 is 40.3 Å². The third-order valence-electron chi connectivity index (χ3n) is 2.38. The zero-order valence-electron chi connectivity index (χ0n) is 9.30. The minimum absolute atomic E-state index is 0.532. The molecule has 0 bridgehead atoms. The van der Waals surface area contributed by atoms with E-state index in [4.69, 9.17) is 23.2 Å². The monoisotopic (exact) mass is 266 g/mol. The Kier molecular flexibility index (Phi) is 3.77. The van der Waals surface area contributed by atoms with Gasteiger partial charge in [0.25, 0.3) is 0 Å². The number of halogens is 2. The highest BCUT2D eigenvalue weighted by atomic mass is 35.5. The van der Waals surface area contributed by atoms with Crippen molar-refractivity contribution in [2.24, 2.45) is 0 Å². The van der Waals surface area contributed by atoms with Crippen LogP contribution in [0.1, 0.15) is 0 Å². The molecule has 0 heterocycles. The van der Waals surface area contributed by atoms with E-state index in [1.807, 2.05) is 43.4 Å². The Morgan fingerprint density at radius 2 is 1.65 bits per heavy atom. The fraction of sp³-hybridized carbons (Fsp3) is 0.0769. The first kappa shape index (κ1) is 12.1. The summed E-state index contributed by atoms with van der Waals surface area (Å²) in [5, 5.41) is 7.39. The quantitative estimate of drug-likeness (QED) is 0.836. The average Bonchev–Trinajstić information content (AvgIpc) is 2.35. The number of anilines is 3. The van der Waals surface area contributed by atoms with E-state index >= 15 is 0 Å². The molecule has 0 saturated carbocycles. The van der Waals surface area contributed by atoms with Crippen molar-refractivity contribution < 1.29 is 0 Å². The largest absolute Gasteiger partial charge is 0.388 e. The van der Waals surface area contributed by atoms with Crippen LogP contribution in [0.25, 0.3) is 0 Å². The summed E-state index contributed by atoms with van der Waals surface area (Å²) in [6.45, 7) is 0. The first-order chi connectivity index (χ1) is 8.20. The molecular formula is C13H12Cl2N2. The summed E-state index contributed by atoms with van der Waals surface area (Å²) in [6, 6.07) is 13.4. The number of hydrogen-bond acceptors (Lipinski definition) is 2. The van der Waals surface area contributed by atoms with Gasteiger partial charge in [-0.1, -0.05) is 35.3 Å². The zero-order valence-corrected chi connectivity index (χ0v) is 10.8. The Hall–Kier alpha value is -1.38. The molecule has 0 saturated heterocycles. The molecule has 2 rings (SSSR count). The van der Waals surface area contributed by atoms with E-state index in [1.165, 1.54) is 0 Å². The van der Waals surface area contributed by atoms with Gasteiger partial charge in [-0.05, 0) is 30.3 Å². The van der Waals surface area contributed by atoms with Crippen LogP contribution in [0.4, 0.5) is 17.1 Å². The standard InChI is InChI=1S/C13H12Cl2N2/c1-16-9-4-2-5-10(8-9)17-12-7-3-6-11(14)13(12)15/h2-8,16-17H,1H3. The van der Waals surface area contributed by atoms with Crippen LogP contribution < -0.4 is 10.6 Å². The van der Waals surface area contributed by atoms with E-state index in [2.05, 4.69) is 10.6 Å². The molecule has 4 heteroatoms. The predicted octanol–water partition coefficient (Wildman–Crippen LogP) is 4.78. The van der Waals surface area contributed by atoms with Crippen molar-refractivity contribution in [3.8, 4) is 0 Å². The lowest BCUT2D eigenvalue weighted by atomic mass is 10.2. The maximum absolute atomic E-state index is 6.11. The van der Waals surface area contributed by atoms with E-state index < -0.39 is 0 Å². The van der Waals surface area contributed by atoms with Crippen LogP contribution in [0, 0.1) is 0 Å². The van der Waals surface area contributed by atoms with Crippen molar-refractivity contribution in [1.29, 1.82) is 0 Å². The van der Waals surface area contributed by atoms with E-state index in [-0.39, 0.29) is 0 Å². The normalized spacial score (nSPS) is 10.1. The second-order valence-corrected chi connectivity index (χ2v) is 4.34. The van der Waals surface area contributed by atoms with Crippen LogP contribution in [0.2, 0.25) is 10.0 Å². The summed E-state index contributed by atoms with van der Waals surface area (Å²) in [4.78, 5) is 0. The molecule has 0 unspecified atom stereocenters. The molecule has 2 aromatic carbocycles. The third-order valence-corrected chi connectivity index (χ3v) is 3.20. The molecule has 0 fully saturated rings. The van der Waals surface area contributed by atoms with Gasteiger partial charge < -0.3 is 10.6 Å². The van der Waals surface area contributed by atoms with Gasteiger partial charge in [0.15, 0.2) is 0 Å². The molecule has 0 spiro atoms. The second kappa shape index (κ2) is 5.30. The van der Waals surface area contributed by atoms with Gasteiger partial charge in [0, 0.05) is 18.4 Å². The highest BCUT2D eigenvalue weighted by molar-refractivity contribution is 6.43. The van der Waals surface area contributed by atoms with Crippen molar-refractivity contribution in [3.05, 3.63) is 52.5 Å². The number of nitrogens with one attached hydrogen (secondary N) is 2. The average molecular weight is 267 g/mol. The Balaban J connectivity index is 2.28. The van der Waals surface area contributed by atoms with Gasteiger partial charge in [-0.15, -0.1) is 0 Å². The number of hydrogen-bond donors (Lipinski definition) is 2. The lowest BCUT2D eigenvalue weighted by molar-refractivity contribution is 1.49. The van der Waals surface area contributed by atoms with Gasteiger partial charge >= 0.3 is 0 Å². The van der Waals surface area contributed by atoms with Gasteiger partial charge in [0.05, 0.1) is 15.7 Å². The van der Waals surface area contributed by atoms with Crippen molar-refractivity contribution in [2.75, 3.05) is 17.7 Å². The van der Waals surface area contributed by atoms with Gasteiger partial charge in [0.2, 0.25) is 0 Å². The molecule has 0 atom stereocenters. The van der Waals surface area contributed by atoms with Crippen LogP contribution in [0.15, 0.2) is 42.5 Å². The van der Waals surface area contributed by atoms with Crippen molar-refractivity contribution in [1.82, 2.24) is 0 Å². The summed E-state index contributed by atoms with van der Waals surface area (Å²) in [5.74, 6) is 0. The predicted molar refractivity (Wildman–Crippen MR) is 75.7 cm³/mol. The van der Waals surface area contributed by atoms with Gasteiger partial charge in [0.1, 0.15) is 0 Å². The third kappa shape index (κ3) is 2.84. The Bertz CT molecular complexity index is 527. The molecular weight excluding hydrogens is 255 g/mol. The summed E-state index contributed by atoms with van der Waals surface area (Å²) >= 11 is 12.1. The van der Waals surface area contributed by atoms with E-state index in [1.54, 1.807) is 6.07 Å². The Morgan fingerprint density at radius 1 is 0.941 bits per heavy atom. The van der Waals surface area contributed by atoms with Crippen LogP contribution in [0.3, 0.4) is 0 Å². The van der Waals surface area contributed by atoms with Crippen LogP contribution in [-0.4, -0.2) is 7.05 Å². The SMILES string of the molecule is CNc1cccc(Nc2cccc(Cl)c2Cl)c1. The molecule has 0 amide bonds. The van der Waals surface area contributed by atoms with E-state index in [0.29, 0.717) is 10.0 Å². The maximum Gasteiger partial charge on any atom is 0.0827 e. The second-order valence-electron chi connectivity index (χ2n) is 3.56. The van der Waals surface area contributed by atoms with Crippen LogP contribution in [-0.2, 0) is 0 Å². The molecule has 2 aromatic rings. The highest BCUT2D eigenvalue weighted by Crippen LogP contribution is 2.32. The maximum atomic E-state index is 6.11. The van der Waals surface area contributed by atoms with Gasteiger partial charge in [-0.25, -0.2) is 0 Å². The first-order valence-electron chi connectivity index (χ1n) is 5.19. The zero-order chi connectivity index (χ0) is 12.3. The molecule has 88 valence electrons. The topological polar surface area (TPSA) is 24.1 Å². The molecule has 0 aromatic heterocycles. The number of rotatable bonds is 3.